The van der Waals surface area contributed by atoms with E-state index in [1.807, 2.05) is 0 Å². The van der Waals surface area contributed by atoms with Crippen molar-refractivity contribution in [2.45, 2.75) is 38.8 Å². The van der Waals surface area contributed by atoms with Gasteiger partial charge in [0.15, 0.2) is 11.6 Å². The van der Waals surface area contributed by atoms with Crippen molar-refractivity contribution >= 4 is 33.3 Å². The van der Waals surface area contributed by atoms with E-state index in [0.717, 1.165) is 12.8 Å². The van der Waals surface area contributed by atoms with Crippen LogP contribution in [0.5, 0.6) is 11.8 Å². The van der Waals surface area contributed by atoms with Gasteiger partial charge < -0.3 is 24.8 Å². The van der Waals surface area contributed by atoms with Crippen molar-refractivity contribution < 1.29 is 32.5 Å². The number of phenolic OH excluding ortho intramolecular Hbond substituents is 1. The second kappa shape index (κ2) is 12.9. The zero-order chi connectivity index (χ0) is 30.8. The van der Waals surface area contributed by atoms with Crippen LogP contribution in [-0.2, 0) is 16.0 Å². The van der Waals surface area contributed by atoms with Crippen LogP contribution in [0.3, 0.4) is 0 Å². The van der Waals surface area contributed by atoms with E-state index in [1.165, 1.54) is 30.5 Å². The number of aromatic nitrogens is 3. The fourth-order valence-electron chi connectivity index (χ4n) is 6.11. The van der Waals surface area contributed by atoms with Crippen molar-refractivity contribution in [2.24, 2.45) is 5.92 Å². The van der Waals surface area contributed by atoms with Crippen LogP contribution in [0.2, 0.25) is 0 Å². The van der Waals surface area contributed by atoms with Gasteiger partial charge in [0.1, 0.15) is 41.4 Å². The number of alkyl halides is 1. The minimum Gasteiger partial charge on any atom is -0.508 e. The number of aromatic hydroxyl groups is 1. The first-order chi connectivity index (χ1) is 21.3. The van der Waals surface area contributed by atoms with Gasteiger partial charge in [-0.1, -0.05) is 13.0 Å². The lowest BCUT2D eigenvalue weighted by molar-refractivity contribution is -0.121. The number of phenols is 1. The van der Waals surface area contributed by atoms with Gasteiger partial charge in [0.2, 0.25) is 0 Å². The molecule has 0 amide bonds. The Morgan fingerprint density at radius 1 is 1.23 bits per heavy atom. The van der Waals surface area contributed by atoms with Crippen LogP contribution < -0.4 is 15.0 Å². The van der Waals surface area contributed by atoms with Crippen molar-refractivity contribution in [3.8, 4) is 23.0 Å². The Morgan fingerprint density at radius 2 is 2.09 bits per heavy atom. The Kier molecular flexibility index (Phi) is 8.81. The summed E-state index contributed by atoms with van der Waals surface area (Å²) in [5, 5.41) is 14.8. The van der Waals surface area contributed by atoms with Crippen LogP contribution in [0.1, 0.15) is 31.7 Å². The SMILES string of the molecule is CCc1c(F)ccc2cc(O)cc(-c3ncc4c(N5CCOCC(=O)C5)nc(OC[C@@H]5CCCNC[C@H](F)C5)nc4c3F)c12. The first-order valence-corrected chi connectivity index (χ1v) is 14.9. The molecule has 0 aliphatic carbocycles. The largest absolute Gasteiger partial charge is 0.508 e. The van der Waals surface area contributed by atoms with Gasteiger partial charge in [-0.15, -0.1) is 0 Å². The fourth-order valence-corrected chi connectivity index (χ4v) is 6.11. The van der Waals surface area contributed by atoms with Crippen molar-refractivity contribution in [3.63, 3.8) is 0 Å². The van der Waals surface area contributed by atoms with Gasteiger partial charge in [0.05, 0.1) is 25.1 Å². The average Bonchev–Trinajstić information content (AvgIpc) is 3.22. The summed E-state index contributed by atoms with van der Waals surface area (Å²) in [6.07, 6.45) is 2.66. The smallest absolute Gasteiger partial charge is 0.319 e. The minimum absolute atomic E-state index is 0.00951. The van der Waals surface area contributed by atoms with E-state index in [0.29, 0.717) is 42.3 Å². The summed E-state index contributed by atoms with van der Waals surface area (Å²) in [4.78, 5) is 27.6. The number of ether oxygens (including phenoxy) is 2. The van der Waals surface area contributed by atoms with Crippen molar-refractivity contribution in [3.05, 3.63) is 47.7 Å². The van der Waals surface area contributed by atoms with Gasteiger partial charge in [-0.05, 0) is 72.7 Å². The highest BCUT2D eigenvalue weighted by Crippen LogP contribution is 2.39. The predicted octanol–water partition coefficient (Wildman–Crippen LogP) is 4.90. The maximum absolute atomic E-state index is 16.6. The average molecular weight is 610 g/mol. The second-order valence-electron chi connectivity index (χ2n) is 11.4. The van der Waals surface area contributed by atoms with E-state index in [4.69, 9.17) is 9.47 Å². The number of carbonyl (C=O) groups excluding carboxylic acids is 1. The van der Waals surface area contributed by atoms with Crippen molar-refractivity contribution in [2.75, 3.05) is 50.9 Å². The number of nitrogens with one attached hydrogen (secondary N) is 1. The van der Waals surface area contributed by atoms with Crippen LogP contribution in [-0.4, -0.2) is 78.0 Å². The molecular formula is C32H34F3N5O4. The number of Topliss-reactive ketones (excluding diaryl/α,β-unsaturated/α-hetero) is 1. The first kappa shape index (κ1) is 30.0. The summed E-state index contributed by atoms with van der Waals surface area (Å²) in [5.74, 6) is -1.37. The lowest BCUT2D eigenvalue weighted by atomic mass is 9.94. The van der Waals surface area contributed by atoms with E-state index in [-0.39, 0.29) is 84.3 Å². The zero-order valence-electron chi connectivity index (χ0n) is 24.4. The monoisotopic (exact) mass is 609 g/mol. The van der Waals surface area contributed by atoms with Crippen LogP contribution in [0.25, 0.3) is 32.9 Å². The summed E-state index contributed by atoms with van der Waals surface area (Å²) in [5.41, 5.74) is 0.352. The van der Waals surface area contributed by atoms with Crippen LogP contribution >= 0.6 is 0 Å². The molecule has 44 heavy (non-hydrogen) atoms. The summed E-state index contributed by atoms with van der Waals surface area (Å²) in [7, 11) is 0. The number of ketones is 1. The molecule has 2 aromatic carbocycles. The molecule has 2 aromatic heterocycles. The summed E-state index contributed by atoms with van der Waals surface area (Å²) < 4.78 is 57.3. The molecule has 0 unspecified atom stereocenters. The molecule has 2 aliphatic heterocycles. The number of nitrogens with zero attached hydrogens (tertiary/aromatic N) is 4. The third-order valence-electron chi connectivity index (χ3n) is 8.21. The summed E-state index contributed by atoms with van der Waals surface area (Å²) in [6.45, 7) is 3.46. The molecule has 232 valence electrons. The summed E-state index contributed by atoms with van der Waals surface area (Å²) >= 11 is 0. The number of benzene rings is 2. The number of fused-ring (bicyclic) bond motifs is 2. The molecule has 0 bridgehead atoms. The predicted molar refractivity (Wildman–Crippen MR) is 160 cm³/mol. The van der Waals surface area contributed by atoms with Gasteiger partial charge in [-0.2, -0.15) is 9.97 Å². The van der Waals surface area contributed by atoms with Crippen LogP contribution in [0.15, 0.2) is 30.5 Å². The molecule has 2 N–H and O–H groups in total. The van der Waals surface area contributed by atoms with Gasteiger partial charge >= 0.3 is 6.01 Å². The van der Waals surface area contributed by atoms with E-state index in [1.54, 1.807) is 11.8 Å². The molecule has 0 radical (unpaired) electrons. The number of aryl methyl sites for hydroxylation is 1. The lowest BCUT2D eigenvalue weighted by Crippen LogP contribution is -2.32. The van der Waals surface area contributed by atoms with Crippen molar-refractivity contribution in [1.82, 2.24) is 20.3 Å². The first-order valence-electron chi connectivity index (χ1n) is 14.9. The van der Waals surface area contributed by atoms with Gasteiger partial charge in [-0.25, -0.2) is 13.2 Å². The Balaban J connectivity index is 1.48. The Bertz CT molecular complexity index is 1700. The fraction of sp³-hybridized carbons (Fsp3) is 0.438. The maximum Gasteiger partial charge on any atom is 0.319 e. The van der Waals surface area contributed by atoms with E-state index in [2.05, 4.69) is 20.3 Å². The topological polar surface area (TPSA) is 110 Å². The van der Waals surface area contributed by atoms with Crippen LogP contribution in [0, 0.1) is 17.6 Å². The molecule has 9 nitrogen and oxygen atoms in total. The Morgan fingerprint density at radius 3 is 2.93 bits per heavy atom. The maximum atomic E-state index is 16.6. The lowest BCUT2D eigenvalue weighted by Gasteiger charge is -2.24. The summed E-state index contributed by atoms with van der Waals surface area (Å²) in [6, 6.07) is 5.59. The molecular weight excluding hydrogens is 575 g/mol. The standard InChI is InChI=1S/C32H34F3N5O4/c1-2-23-26(34)6-5-19-11-21(41)12-24(27(19)23)29-28(35)30-25(14-37-29)31(40-8-9-43-17-22(42)15-40)39-32(38-30)44-16-18-4-3-7-36-13-20(33)10-18/h5-6,11-12,14,18,20,36,41H,2-4,7-10,13,15-17H2,1H3/t18-,20-/m1/s1. The number of carbonyl (C=O) groups is 1. The Labute approximate surface area is 252 Å². The molecule has 0 spiro atoms. The number of hydrogen-bond acceptors (Lipinski definition) is 9. The zero-order valence-corrected chi connectivity index (χ0v) is 24.4. The van der Waals surface area contributed by atoms with Gasteiger partial charge in [0.25, 0.3) is 0 Å². The number of hydrogen-bond donors (Lipinski definition) is 2. The number of halogens is 3. The highest BCUT2D eigenvalue weighted by Gasteiger charge is 2.26. The third kappa shape index (κ3) is 6.14. The quantitative estimate of drug-likeness (QED) is 0.315. The van der Waals surface area contributed by atoms with E-state index >= 15 is 4.39 Å². The molecule has 2 aliphatic rings. The molecule has 2 fully saturated rings. The number of rotatable bonds is 6. The molecule has 0 saturated carbocycles. The van der Waals surface area contributed by atoms with E-state index < -0.39 is 17.8 Å². The minimum atomic E-state index is -1.01. The highest BCUT2D eigenvalue weighted by atomic mass is 19.1. The molecule has 12 heteroatoms. The normalized spacial score (nSPS) is 20.0. The third-order valence-corrected chi connectivity index (χ3v) is 8.21. The van der Waals surface area contributed by atoms with Crippen LogP contribution in [0.4, 0.5) is 19.0 Å². The molecule has 2 atom stereocenters. The van der Waals surface area contributed by atoms with E-state index in [9.17, 15) is 18.7 Å². The molecule has 6 rings (SSSR count). The molecule has 4 heterocycles. The van der Waals surface area contributed by atoms with Gasteiger partial charge in [-0.3, -0.25) is 9.78 Å². The highest BCUT2D eigenvalue weighted by molar-refractivity contribution is 6.02. The van der Waals surface area contributed by atoms with Gasteiger partial charge in [0, 0.05) is 24.8 Å². The number of pyridine rings is 1. The molecule has 2 saturated heterocycles. The Hall–Kier alpha value is -4.03. The second-order valence-corrected chi connectivity index (χ2v) is 11.4. The number of anilines is 1. The van der Waals surface area contributed by atoms with Crippen molar-refractivity contribution in [1.29, 1.82) is 0 Å². The molecule has 4 aromatic rings.